The lowest BCUT2D eigenvalue weighted by atomic mass is 10.1. The first-order valence-corrected chi connectivity index (χ1v) is 7.83. The number of hydrogen-bond donors (Lipinski definition) is 0. The summed E-state index contributed by atoms with van der Waals surface area (Å²) in [5, 5.41) is 17.3. The fourth-order valence-corrected chi connectivity index (χ4v) is 3.08. The number of aromatic nitrogens is 1. The summed E-state index contributed by atoms with van der Waals surface area (Å²) in [4.78, 5) is 18.0. The fourth-order valence-electron chi connectivity index (χ4n) is 2.26. The standard InChI is InChI=1S/C16H11N5O2S/c1-10-5-6-11(8-15(10)21(22)23)14-9-24-16(18-14)12-3-2-4-13(7-12)19-20-17/h2-9H,1H3. The van der Waals surface area contributed by atoms with Crippen molar-refractivity contribution in [3.05, 3.63) is 74.0 Å². The molecule has 118 valence electrons. The molecule has 2 aromatic carbocycles. The normalized spacial score (nSPS) is 10.2. The van der Waals surface area contributed by atoms with Crippen molar-refractivity contribution in [1.82, 2.24) is 4.98 Å². The molecule has 1 heterocycles. The van der Waals surface area contributed by atoms with Crippen molar-refractivity contribution in [1.29, 1.82) is 0 Å². The Labute approximate surface area is 141 Å². The third-order valence-corrected chi connectivity index (χ3v) is 4.35. The third-order valence-electron chi connectivity index (χ3n) is 3.46. The van der Waals surface area contributed by atoms with Crippen LogP contribution in [0.25, 0.3) is 32.3 Å². The van der Waals surface area contributed by atoms with Crippen LogP contribution < -0.4 is 0 Å². The van der Waals surface area contributed by atoms with Crippen molar-refractivity contribution >= 4 is 22.7 Å². The first-order valence-electron chi connectivity index (χ1n) is 6.95. The van der Waals surface area contributed by atoms with Crippen LogP contribution in [-0.2, 0) is 0 Å². The fraction of sp³-hybridized carbons (Fsp3) is 0.0625. The first-order chi connectivity index (χ1) is 11.6. The number of azide groups is 1. The zero-order chi connectivity index (χ0) is 17.1. The molecular formula is C16H11N5O2S. The van der Waals surface area contributed by atoms with Crippen LogP contribution in [-0.4, -0.2) is 9.91 Å². The first kappa shape index (κ1) is 15.7. The highest BCUT2D eigenvalue weighted by molar-refractivity contribution is 7.13. The SMILES string of the molecule is Cc1ccc(-c2csc(-c3cccc(N=[N+]=[N-])c3)n2)cc1[N+](=O)[O-]. The lowest BCUT2D eigenvalue weighted by Crippen LogP contribution is -1.92. The molecule has 7 nitrogen and oxygen atoms in total. The van der Waals surface area contributed by atoms with E-state index in [9.17, 15) is 10.1 Å². The van der Waals surface area contributed by atoms with Gasteiger partial charge in [-0.3, -0.25) is 10.1 Å². The van der Waals surface area contributed by atoms with Gasteiger partial charge in [0.05, 0.1) is 10.6 Å². The number of thiazole rings is 1. The maximum atomic E-state index is 11.1. The number of aryl methyl sites for hydroxylation is 1. The topological polar surface area (TPSA) is 105 Å². The van der Waals surface area contributed by atoms with Crippen molar-refractivity contribution in [2.75, 3.05) is 0 Å². The minimum atomic E-state index is -0.393. The van der Waals surface area contributed by atoms with Gasteiger partial charge in [0.2, 0.25) is 0 Å². The van der Waals surface area contributed by atoms with Gasteiger partial charge < -0.3 is 0 Å². The summed E-state index contributed by atoms with van der Waals surface area (Å²) in [7, 11) is 0. The maximum Gasteiger partial charge on any atom is 0.272 e. The number of nitro benzene ring substituents is 1. The molecule has 0 atom stereocenters. The van der Waals surface area contributed by atoms with Crippen LogP contribution >= 0.6 is 11.3 Å². The van der Waals surface area contributed by atoms with Crippen LogP contribution in [0.15, 0.2) is 53.0 Å². The molecule has 24 heavy (non-hydrogen) atoms. The van der Waals surface area contributed by atoms with Crippen LogP contribution in [0.1, 0.15) is 5.56 Å². The second kappa shape index (κ2) is 6.49. The molecule has 0 saturated heterocycles. The Bertz CT molecular complexity index is 976. The van der Waals surface area contributed by atoms with E-state index in [-0.39, 0.29) is 5.69 Å². The third kappa shape index (κ3) is 3.10. The molecule has 3 rings (SSSR count). The van der Waals surface area contributed by atoms with Crippen molar-refractivity contribution in [2.45, 2.75) is 6.92 Å². The van der Waals surface area contributed by atoms with Gasteiger partial charge in [0.25, 0.3) is 5.69 Å². The van der Waals surface area contributed by atoms with Crippen LogP contribution in [0.4, 0.5) is 11.4 Å². The van der Waals surface area contributed by atoms with E-state index < -0.39 is 4.92 Å². The molecule has 1 aromatic heterocycles. The van der Waals surface area contributed by atoms with Crippen molar-refractivity contribution < 1.29 is 4.92 Å². The molecule has 8 heteroatoms. The quantitative estimate of drug-likeness (QED) is 0.202. The van der Waals surface area contributed by atoms with Crippen molar-refractivity contribution in [3.63, 3.8) is 0 Å². The minimum absolute atomic E-state index is 0.0763. The second-order valence-electron chi connectivity index (χ2n) is 5.04. The summed E-state index contributed by atoms with van der Waals surface area (Å²) in [6.45, 7) is 1.70. The Morgan fingerprint density at radius 1 is 1.25 bits per heavy atom. The number of hydrogen-bond acceptors (Lipinski definition) is 5. The van der Waals surface area contributed by atoms with Gasteiger partial charge in [-0.05, 0) is 18.5 Å². The Morgan fingerprint density at radius 2 is 2.08 bits per heavy atom. The molecule has 0 N–H and O–H groups in total. The van der Waals surface area contributed by atoms with Gasteiger partial charge in [0.1, 0.15) is 5.01 Å². The van der Waals surface area contributed by atoms with Crippen LogP contribution in [0.3, 0.4) is 0 Å². The van der Waals surface area contributed by atoms with E-state index in [0.717, 1.165) is 10.6 Å². The predicted molar refractivity (Wildman–Crippen MR) is 93.2 cm³/mol. The number of rotatable bonds is 4. The molecule has 0 aliphatic heterocycles. The molecule has 0 amide bonds. The maximum absolute atomic E-state index is 11.1. The summed E-state index contributed by atoms with van der Waals surface area (Å²) in [5.74, 6) is 0. The monoisotopic (exact) mass is 337 g/mol. The number of nitrogens with zero attached hydrogens (tertiary/aromatic N) is 5. The predicted octanol–water partition coefficient (Wildman–Crippen LogP) is 5.64. The van der Waals surface area contributed by atoms with Crippen molar-refractivity contribution in [2.24, 2.45) is 5.11 Å². The molecule has 0 aliphatic rings. The van der Waals surface area contributed by atoms with Gasteiger partial charge in [0.15, 0.2) is 0 Å². The van der Waals surface area contributed by atoms with Crippen molar-refractivity contribution in [3.8, 4) is 21.8 Å². The van der Waals surface area contributed by atoms with Gasteiger partial charge in [-0.25, -0.2) is 4.98 Å². The van der Waals surface area contributed by atoms with E-state index in [1.165, 1.54) is 17.4 Å². The smallest absolute Gasteiger partial charge is 0.258 e. The van der Waals surface area contributed by atoms with E-state index in [0.29, 0.717) is 22.5 Å². The lowest BCUT2D eigenvalue weighted by molar-refractivity contribution is -0.385. The summed E-state index contributed by atoms with van der Waals surface area (Å²) in [5.41, 5.74) is 11.9. The van der Waals surface area contributed by atoms with Gasteiger partial charge in [-0.15, -0.1) is 11.3 Å². The zero-order valence-corrected chi connectivity index (χ0v) is 13.4. The molecule has 0 radical (unpaired) electrons. The van der Waals surface area contributed by atoms with Gasteiger partial charge in [-0.1, -0.05) is 35.4 Å². The second-order valence-corrected chi connectivity index (χ2v) is 5.89. The van der Waals surface area contributed by atoms with E-state index >= 15 is 0 Å². The van der Waals surface area contributed by atoms with Crippen LogP contribution in [0.5, 0.6) is 0 Å². The number of nitro groups is 1. The molecule has 0 aliphatic carbocycles. The Kier molecular flexibility index (Phi) is 4.24. The summed E-state index contributed by atoms with van der Waals surface area (Å²) in [6.07, 6.45) is 0. The Hall–Kier alpha value is -3.22. The summed E-state index contributed by atoms with van der Waals surface area (Å²) >= 11 is 1.43. The molecule has 0 bridgehead atoms. The van der Waals surface area contributed by atoms with E-state index in [1.807, 2.05) is 17.5 Å². The molecule has 0 unspecified atom stereocenters. The minimum Gasteiger partial charge on any atom is -0.258 e. The van der Waals surface area contributed by atoms with Gasteiger partial charge in [-0.2, -0.15) is 0 Å². The Balaban J connectivity index is 1.99. The molecular weight excluding hydrogens is 326 g/mol. The highest BCUT2D eigenvalue weighted by Crippen LogP contribution is 2.32. The average molecular weight is 337 g/mol. The lowest BCUT2D eigenvalue weighted by Gasteiger charge is -2.01. The van der Waals surface area contributed by atoms with Crippen LogP contribution in [0, 0.1) is 17.0 Å². The van der Waals surface area contributed by atoms with E-state index in [1.54, 1.807) is 31.2 Å². The molecule has 0 spiro atoms. The summed E-state index contributed by atoms with van der Waals surface area (Å²) < 4.78 is 0. The van der Waals surface area contributed by atoms with Gasteiger partial charge in [0, 0.05) is 38.7 Å². The van der Waals surface area contributed by atoms with Gasteiger partial charge >= 0.3 is 0 Å². The average Bonchev–Trinajstić information content (AvgIpc) is 3.06. The molecule has 0 saturated carbocycles. The Morgan fingerprint density at radius 3 is 2.83 bits per heavy atom. The summed E-state index contributed by atoms with van der Waals surface area (Å²) in [6, 6.07) is 12.2. The molecule has 0 fully saturated rings. The highest BCUT2D eigenvalue weighted by atomic mass is 32.1. The van der Waals surface area contributed by atoms with Crippen LogP contribution in [0.2, 0.25) is 0 Å². The largest absolute Gasteiger partial charge is 0.272 e. The highest BCUT2D eigenvalue weighted by Gasteiger charge is 2.14. The zero-order valence-electron chi connectivity index (χ0n) is 12.6. The van der Waals surface area contributed by atoms with E-state index in [4.69, 9.17) is 5.53 Å². The molecule has 3 aromatic rings. The van der Waals surface area contributed by atoms with E-state index in [2.05, 4.69) is 15.0 Å². The number of benzene rings is 2.